The van der Waals surface area contributed by atoms with E-state index in [1.807, 2.05) is 6.07 Å². The topological polar surface area (TPSA) is 81.0 Å². The summed E-state index contributed by atoms with van der Waals surface area (Å²) in [7, 11) is 0. The number of aromatic nitrogens is 2. The summed E-state index contributed by atoms with van der Waals surface area (Å²) in [4.78, 5) is 11.7. The van der Waals surface area contributed by atoms with Crippen molar-refractivity contribution < 1.29 is 4.92 Å². The Balaban J connectivity index is 1.55. The number of anilines is 2. The number of nitrogens with zero attached hydrogens (tertiary/aromatic N) is 3. The van der Waals surface area contributed by atoms with Gasteiger partial charge < -0.3 is 0 Å². The molecule has 0 atom stereocenters. The van der Waals surface area contributed by atoms with Gasteiger partial charge in [-0.15, -0.1) is 0 Å². The number of nitrogens with one attached hydrogen (secondary N) is 1. The average molecular weight is 485 g/mol. The molecule has 0 aliphatic carbocycles. The molecular formula is C22H22N4O2SSe. The molecule has 1 N–H and O–H groups in total. The van der Waals surface area contributed by atoms with Crippen LogP contribution in [0.15, 0.2) is 47.8 Å². The van der Waals surface area contributed by atoms with Gasteiger partial charge in [-0.1, -0.05) is 0 Å². The first-order chi connectivity index (χ1) is 14.7. The molecule has 0 amide bonds. The number of thiophene rings is 1. The third-order valence-electron chi connectivity index (χ3n) is 5.01. The zero-order chi connectivity index (χ0) is 20.9. The number of fused-ring (bicyclic) bond motifs is 1. The summed E-state index contributed by atoms with van der Waals surface area (Å²) in [5.74, 6) is 0. The van der Waals surface area contributed by atoms with Crippen molar-refractivity contribution in [3.63, 3.8) is 0 Å². The maximum atomic E-state index is 10.8. The third kappa shape index (κ3) is 4.61. The molecule has 0 fully saturated rings. The summed E-state index contributed by atoms with van der Waals surface area (Å²) in [6.07, 6.45) is 6.22. The number of aryl methyl sites for hydroxylation is 1. The molecule has 2 heterocycles. The van der Waals surface area contributed by atoms with Crippen molar-refractivity contribution in [1.29, 1.82) is 0 Å². The monoisotopic (exact) mass is 486 g/mol. The van der Waals surface area contributed by atoms with Gasteiger partial charge >= 0.3 is 186 Å². The number of nitro benzene ring substituents is 1. The number of nitro groups is 1. The average Bonchev–Trinajstić information content (AvgIpc) is 3.42. The molecule has 0 unspecified atom stereocenters. The normalized spacial score (nSPS) is 11.1. The molecule has 0 saturated carbocycles. The van der Waals surface area contributed by atoms with Crippen LogP contribution in [0.25, 0.3) is 21.5 Å². The third-order valence-corrected chi connectivity index (χ3v) is 7.13. The van der Waals surface area contributed by atoms with E-state index in [9.17, 15) is 10.1 Å². The molecule has 154 valence electrons. The van der Waals surface area contributed by atoms with E-state index in [-0.39, 0.29) is 20.6 Å². The first kappa shape index (κ1) is 20.7. The van der Waals surface area contributed by atoms with Crippen LogP contribution in [0.2, 0.25) is 0 Å². The van der Waals surface area contributed by atoms with Crippen LogP contribution in [-0.4, -0.2) is 27.8 Å². The van der Waals surface area contributed by atoms with E-state index in [1.54, 1.807) is 23.5 Å². The summed E-state index contributed by atoms with van der Waals surface area (Å²) in [5.41, 5.74) is 6.09. The van der Waals surface area contributed by atoms with Crippen molar-refractivity contribution in [3.8, 4) is 10.4 Å². The number of benzene rings is 2. The Morgan fingerprint density at radius 1 is 1.07 bits per heavy atom. The van der Waals surface area contributed by atoms with Crippen LogP contribution in [-0.2, 0) is 6.42 Å². The van der Waals surface area contributed by atoms with Crippen LogP contribution < -0.4 is 5.32 Å². The van der Waals surface area contributed by atoms with Crippen molar-refractivity contribution in [2.45, 2.75) is 39.0 Å². The van der Waals surface area contributed by atoms with Crippen molar-refractivity contribution in [1.82, 2.24) is 7.96 Å². The number of hydrogen-bond acceptors (Lipinski definition) is 6. The van der Waals surface area contributed by atoms with Gasteiger partial charge in [0.15, 0.2) is 0 Å². The van der Waals surface area contributed by atoms with Gasteiger partial charge in [-0.2, -0.15) is 0 Å². The Labute approximate surface area is 185 Å². The summed E-state index contributed by atoms with van der Waals surface area (Å²) in [6, 6.07) is 12.8. The molecule has 8 heteroatoms. The molecule has 2 aromatic carbocycles. The van der Waals surface area contributed by atoms with E-state index >= 15 is 0 Å². The van der Waals surface area contributed by atoms with E-state index in [0.717, 1.165) is 34.4 Å². The van der Waals surface area contributed by atoms with Gasteiger partial charge in [-0.25, -0.2) is 0 Å². The molecule has 4 aromatic rings. The number of rotatable bonds is 9. The van der Waals surface area contributed by atoms with Gasteiger partial charge in [0.1, 0.15) is 0 Å². The van der Waals surface area contributed by atoms with Crippen LogP contribution in [0.3, 0.4) is 0 Å². The Hall–Kier alpha value is -2.54. The van der Waals surface area contributed by atoms with Gasteiger partial charge in [0.25, 0.3) is 0 Å². The van der Waals surface area contributed by atoms with E-state index in [4.69, 9.17) is 0 Å². The SMILES string of the molecule is CCCCCCc1csc(-c2ccc(Nc3ccc([N+](=O)[O-])cc3)c3n[se]nc23)c1. The molecular weight excluding hydrogens is 463 g/mol. The van der Waals surface area contributed by atoms with Crippen LogP contribution in [0.4, 0.5) is 17.1 Å². The van der Waals surface area contributed by atoms with Gasteiger partial charge in [0, 0.05) is 0 Å². The van der Waals surface area contributed by atoms with Crippen molar-refractivity contribution >= 4 is 54.4 Å². The fourth-order valence-corrected chi connectivity index (χ4v) is 5.57. The van der Waals surface area contributed by atoms with Gasteiger partial charge in [0.2, 0.25) is 0 Å². The van der Waals surface area contributed by atoms with E-state index in [0.29, 0.717) is 0 Å². The molecule has 0 saturated heterocycles. The second-order valence-electron chi connectivity index (χ2n) is 7.18. The molecule has 0 aliphatic heterocycles. The Morgan fingerprint density at radius 3 is 2.63 bits per heavy atom. The van der Waals surface area contributed by atoms with Gasteiger partial charge in [-0.3, -0.25) is 0 Å². The summed E-state index contributed by atoms with van der Waals surface area (Å²) in [5, 5.41) is 16.4. The number of hydrogen-bond donors (Lipinski definition) is 1. The minimum atomic E-state index is -0.397. The summed E-state index contributed by atoms with van der Waals surface area (Å²) in [6.45, 7) is 2.24. The minimum absolute atomic E-state index is 0.0762. The second-order valence-corrected chi connectivity index (χ2v) is 9.20. The van der Waals surface area contributed by atoms with Gasteiger partial charge in [-0.05, 0) is 0 Å². The first-order valence-corrected chi connectivity index (χ1v) is 12.4. The van der Waals surface area contributed by atoms with E-state index in [2.05, 4.69) is 37.7 Å². The summed E-state index contributed by atoms with van der Waals surface area (Å²) >= 11 is 1.62. The molecule has 4 rings (SSSR count). The Bertz CT molecular complexity index is 1150. The van der Waals surface area contributed by atoms with Crippen molar-refractivity contribution in [3.05, 3.63) is 63.5 Å². The van der Waals surface area contributed by atoms with E-state index < -0.39 is 4.92 Å². The fraction of sp³-hybridized carbons (Fsp3) is 0.273. The molecule has 6 nitrogen and oxygen atoms in total. The molecule has 0 spiro atoms. The summed E-state index contributed by atoms with van der Waals surface area (Å²) < 4.78 is 9.32. The standard InChI is InChI=1S/C22H22N4O2SSe/c1-2-3-4-5-6-15-13-20(29-14-15)18-11-12-19(22-21(18)24-30-25-22)23-16-7-9-17(10-8-16)26(27)28/h7-14,23H,2-6H2,1H3. The van der Waals surface area contributed by atoms with E-state index in [1.165, 1.54) is 48.3 Å². The number of non-ortho nitro benzene ring substituents is 1. The van der Waals surface area contributed by atoms with Crippen LogP contribution in [0, 0.1) is 10.1 Å². The first-order valence-electron chi connectivity index (χ1n) is 10.00. The zero-order valence-electron chi connectivity index (χ0n) is 16.6. The Kier molecular flexibility index (Phi) is 6.57. The predicted molar refractivity (Wildman–Crippen MR) is 124 cm³/mol. The molecule has 0 bridgehead atoms. The number of unbranched alkanes of at least 4 members (excludes halogenated alkanes) is 3. The van der Waals surface area contributed by atoms with Crippen molar-refractivity contribution in [2.75, 3.05) is 5.32 Å². The molecule has 30 heavy (non-hydrogen) atoms. The quantitative estimate of drug-likeness (QED) is 0.132. The van der Waals surface area contributed by atoms with Crippen LogP contribution in [0.1, 0.15) is 38.2 Å². The Morgan fingerprint density at radius 2 is 1.87 bits per heavy atom. The molecule has 0 aliphatic rings. The van der Waals surface area contributed by atoms with Crippen molar-refractivity contribution in [2.24, 2.45) is 0 Å². The van der Waals surface area contributed by atoms with Gasteiger partial charge in [0.05, 0.1) is 0 Å². The molecule has 2 aromatic heterocycles. The maximum absolute atomic E-state index is 10.8. The second kappa shape index (κ2) is 9.51. The zero-order valence-corrected chi connectivity index (χ0v) is 19.2. The fourth-order valence-electron chi connectivity index (χ4n) is 3.39. The van der Waals surface area contributed by atoms with Crippen LogP contribution >= 0.6 is 11.3 Å². The van der Waals surface area contributed by atoms with Crippen LogP contribution in [0.5, 0.6) is 0 Å². The molecule has 0 radical (unpaired) electrons. The predicted octanol–water partition coefficient (Wildman–Crippen LogP) is 6.19.